The van der Waals surface area contributed by atoms with Crippen LogP contribution in [0.15, 0.2) is 52.9 Å². The van der Waals surface area contributed by atoms with Crippen LogP contribution in [0.25, 0.3) is 11.3 Å². The van der Waals surface area contributed by atoms with Gasteiger partial charge in [-0.05, 0) is 31.4 Å². The van der Waals surface area contributed by atoms with Gasteiger partial charge in [-0.1, -0.05) is 36.4 Å². The lowest BCUT2D eigenvalue weighted by atomic mass is 10.1. The standard InChI is InChI=1S/C22H24N4O2/c1-15-14-19(20(28-15)16-6-3-2-4-7-16)26-22(27)24-13-11-18-10-9-17-8-5-12-23-21(17)25-18/h2-4,6-7,9-10,14H,5,8,11-13H2,1H3,(H,23,25)(H2,24,26,27). The van der Waals surface area contributed by atoms with Crippen LogP contribution in [0, 0.1) is 6.92 Å². The lowest BCUT2D eigenvalue weighted by molar-refractivity contribution is 0.252. The molecule has 2 amide bonds. The summed E-state index contributed by atoms with van der Waals surface area (Å²) in [7, 11) is 0. The van der Waals surface area contributed by atoms with Gasteiger partial charge in [0, 0.05) is 36.8 Å². The first-order valence-electron chi connectivity index (χ1n) is 9.62. The number of rotatable bonds is 5. The molecule has 144 valence electrons. The topological polar surface area (TPSA) is 79.2 Å². The third-order valence-electron chi connectivity index (χ3n) is 4.76. The summed E-state index contributed by atoms with van der Waals surface area (Å²) in [5.74, 6) is 2.39. The lowest BCUT2D eigenvalue weighted by Gasteiger charge is -2.17. The van der Waals surface area contributed by atoms with E-state index < -0.39 is 0 Å². The molecule has 6 heteroatoms. The molecule has 0 spiro atoms. The molecule has 1 aromatic carbocycles. The first-order chi connectivity index (χ1) is 13.7. The first kappa shape index (κ1) is 18.1. The molecule has 3 heterocycles. The van der Waals surface area contributed by atoms with Gasteiger partial charge in [0.2, 0.25) is 0 Å². The predicted molar refractivity (Wildman–Crippen MR) is 111 cm³/mol. The Labute approximate surface area is 164 Å². The summed E-state index contributed by atoms with van der Waals surface area (Å²) in [5, 5.41) is 9.12. The molecule has 0 atom stereocenters. The number of aromatic nitrogens is 1. The number of carbonyl (C=O) groups excluding carboxylic acids is 1. The zero-order valence-corrected chi connectivity index (χ0v) is 15.9. The van der Waals surface area contributed by atoms with E-state index in [4.69, 9.17) is 4.42 Å². The second kappa shape index (κ2) is 8.17. The summed E-state index contributed by atoms with van der Waals surface area (Å²) in [6.45, 7) is 3.35. The van der Waals surface area contributed by atoms with Crippen molar-refractivity contribution in [3.05, 3.63) is 65.5 Å². The maximum atomic E-state index is 12.3. The summed E-state index contributed by atoms with van der Waals surface area (Å²) in [4.78, 5) is 17.0. The third-order valence-corrected chi connectivity index (χ3v) is 4.76. The van der Waals surface area contributed by atoms with Crippen LogP contribution in [0.4, 0.5) is 16.3 Å². The fraction of sp³-hybridized carbons (Fsp3) is 0.273. The molecule has 1 aliphatic rings. The van der Waals surface area contributed by atoms with E-state index in [2.05, 4.69) is 27.0 Å². The van der Waals surface area contributed by atoms with Crippen molar-refractivity contribution in [1.82, 2.24) is 10.3 Å². The van der Waals surface area contributed by atoms with E-state index in [0.717, 1.165) is 42.2 Å². The number of nitrogens with one attached hydrogen (secondary N) is 3. The number of nitrogens with zero attached hydrogens (tertiary/aromatic N) is 1. The van der Waals surface area contributed by atoms with E-state index in [1.165, 1.54) is 5.56 Å². The average molecular weight is 376 g/mol. The molecule has 6 nitrogen and oxygen atoms in total. The molecule has 0 radical (unpaired) electrons. The number of urea groups is 1. The largest absolute Gasteiger partial charge is 0.459 e. The van der Waals surface area contributed by atoms with Crippen molar-refractivity contribution < 1.29 is 9.21 Å². The monoisotopic (exact) mass is 376 g/mol. The molecule has 3 N–H and O–H groups in total. The maximum absolute atomic E-state index is 12.3. The Morgan fingerprint density at radius 3 is 2.93 bits per heavy atom. The number of amides is 2. The van der Waals surface area contributed by atoms with E-state index in [-0.39, 0.29) is 6.03 Å². The van der Waals surface area contributed by atoms with Crippen LogP contribution in [0.5, 0.6) is 0 Å². The average Bonchev–Trinajstić information content (AvgIpc) is 3.08. The summed E-state index contributed by atoms with van der Waals surface area (Å²) < 4.78 is 5.77. The van der Waals surface area contributed by atoms with Gasteiger partial charge in [-0.2, -0.15) is 0 Å². The summed E-state index contributed by atoms with van der Waals surface area (Å²) in [5.41, 5.74) is 3.83. The van der Waals surface area contributed by atoms with Gasteiger partial charge >= 0.3 is 6.03 Å². The minimum absolute atomic E-state index is 0.255. The molecule has 4 rings (SSSR count). The SMILES string of the molecule is Cc1cc(NC(=O)NCCc2ccc3c(n2)NCCC3)c(-c2ccccc2)o1. The molecule has 0 aliphatic carbocycles. The molecule has 3 aromatic rings. The third kappa shape index (κ3) is 4.17. The number of carbonyl (C=O) groups is 1. The number of furan rings is 1. The van der Waals surface area contributed by atoms with Crippen molar-refractivity contribution in [2.45, 2.75) is 26.2 Å². The van der Waals surface area contributed by atoms with Crippen LogP contribution >= 0.6 is 0 Å². The zero-order chi connectivity index (χ0) is 19.3. The molecule has 1 aliphatic heterocycles. The first-order valence-corrected chi connectivity index (χ1v) is 9.62. The summed E-state index contributed by atoms with van der Waals surface area (Å²) in [6.07, 6.45) is 2.90. The van der Waals surface area contributed by atoms with E-state index >= 15 is 0 Å². The molecule has 0 bridgehead atoms. The highest BCUT2D eigenvalue weighted by molar-refractivity contribution is 5.93. The molecule has 0 saturated carbocycles. The quantitative estimate of drug-likeness (QED) is 0.618. The van der Waals surface area contributed by atoms with Crippen molar-refractivity contribution in [3.8, 4) is 11.3 Å². The van der Waals surface area contributed by atoms with Crippen molar-refractivity contribution in [1.29, 1.82) is 0 Å². The van der Waals surface area contributed by atoms with Crippen LogP contribution < -0.4 is 16.0 Å². The van der Waals surface area contributed by atoms with Gasteiger partial charge in [0.15, 0.2) is 5.76 Å². The van der Waals surface area contributed by atoms with Gasteiger partial charge in [-0.15, -0.1) is 0 Å². The van der Waals surface area contributed by atoms with Gasteiger partial charge in [0.05, 0.1) is 5.69 Å². The van der Waals surface area contributed by atoms with Crippen molar-refractivity contribution >= 4 is 17.5 Å². The van der Waals surface area contributed by atoms with Gasteiger partial charge in [-0.25, -0.2) is 9.78 Å². The van der Waals surface area contributed by atoms with E-state index in [1.54, 1.807) is 0 Å². The predicted octanol–water partition coefficient (Wildman–Crippen LogP) is 4.37. The van der Waals surface area contributed by atoms with Crippen LogP contribution in [-0.2, 0) is 12.8 Å². The summed E-state index contributed by atoms with van der Waals surface area (Å²) in [6, 6.07) is 15.5. The minimum Gasteiger partial charge on any atom is -0.459 e. The maximum Gasteiger partial charge on any atom is 0.319 e. The summed E-state index contributed by atoms with van der Waals surface area (Å²) >= 11 is 0. The van der Waals surface area contributed by atoms with Gasteiger partial charge in [0.1, 0.15) is 11.6 Å². The van der Waals surface area contributed by atoms with Crippen molar-refractivity contribution in [2.24, 2.45) is 0 Å². The molecule has 0 fully saturated rings. The number of aryl methyl sites for hydroxylation is 2. The Morgan fingerprint density at radius 2 is 2.07 bits per heavy atom. The highest BCUT2D eigenvalue weighted by atomic mass is 16.3. The normalized spacial score (nSPS) is 12.8. The molecular formula is C22H24N4O2. The second-order valence-corrected chi connectivity index (χ2v) is 6.94. The molecule has 0 unspecified atom stereocenters. The van der Waals surface area contributed by atoms with Gasteiger partial charge in [0.25, 0.3) is 0 Å². The fourth-order valence-corrected chi connectivity index (χ4v) is 3.39. The Hall–Kier alpha value is -3.28. The number of benzene rings is 1. The fourth-order valence-electron chi connectivity index (χ4n) is 3.39. The van der Waals surface area contributed by atoms with Crippen LogP contribution in [-0.4, -0.2) is 24.1 Å². The number of hydrogen-bond acceptors (Lipinski definition) is 4. The van der Waals surface area contributed by atoms with Crippen molar-refractivity contribution in [3.63, 3.8) is 0 Å². The Bertz CT molecular complexity index is 966. The number of pyridine rings is 1. The van der Waals surface area contributed by atoms with Crippen LogP contribution in [0.3, 0.4) is 0 Å². The van der Waals surface area contributed by atoms with Crippen molar-refractivity contribution in [2.75, 3.05) is 23.7 Å². The molecule has 28 heavy (non-hydrogen) atoms. The minimum atomic E-state index is -0.255. The number of anilines is 2. The lowest BCUT2D eigenvalue weighted by Crippen LogP contribution is -2.30. The smallest absolute Gasteiger partial charge is 0.319 e. The van der Waals surface area contributed by atoms with Crippen LogP contribution in [0.1, 0.15) is 23.4 Å². The molecule has 0 saturated heterocycles. The number of fused-ring (bicyclic) bond motifs is 1. The second-order valence-electron chi connectivity index (χ2n) is 6.94. The number of hydrogen-bond donors (Lipinski definition) is 3. The Morgan fingerprint density at radius 1 is 1.21 bits per heavy atom. The van der Waals surface area contributed by atoms with E-state index in [9.17, 15) is 4.79 Å². The Kier molecular flexibility index (Phi) is 5.28. The Balaban J connectivity index is 1.34. The molecule has 2 aromatic heterocycles. The highest BCUT2D eigenvalue weighted by Crippen LogP contribution is 2.31. The molecular weight excluding hydrogens is 352 g/mol. The van der Waals surface area contributed by atoms with Crippen LogP contribution in [0.2, 0.25) is 0 Å². The van der Waals surface area contributed by atoms with E-state index in [0.29, 0.717) is 24.4 Å². The van der Waals surface area contributed by atoms with Gasteiger partial charge < -0.3 is 20.4 Å². The zero-order valence-electron chi connectivity index (χ0n) is 15.9. The van der Waals surface area contributed by atoms with Gasteiger partial charge in [-0.3, -0.25) is 0 Å². The highest BCUT2D eigenvalue weighted by Gasteiger charge is 2.14. The van der Waals surface area contributed by atoms with E-state index in [1.807, 2.05) is 49.4 Å².